The molecule has 1 N–H and O–H groups in total. The van der Waals surface area contributed by atoms with Gasteiger partial charge < -0.3 is 10.0 Å². The number of anilines is 1. The van der Waals surface area contributed by atoms with Crippen LogP contribution in [-0.2, 0) is 11.8 Å². The molecule has 84 valence electrons. The van der Waals surface area contributed by atoms with Crippen LogP contribution in [0.4, 0.5) is 5.82 Å². The average molecular weight is 220 g/mol. The number of nitriles is 1. The molecular formula is C10H12N4O2. The van der Waals surface area contributed by atoms with Gasteiger partial charge in [0, 0.05) is 20.1 Å². The van der Waals surface area contributed by atoms with Crippen molar-refractivity contribution in [3.63, 3.8) is 0 Å². The van der Waals surface area contributed by atoms with Gasteiger partial charge in [-0.3, -0.25) is 9.48 Å². The largest absolute Gasteiger partial charge is 0.481 e. The predicted molar refractivity (Wildman–Crippen MR) is 56.0 cm³/mol. The molecule has 0 radical (unpaired) electrons. The van der Waals surface area contributed by atoms with E-state index in [1.807, 2.05) is 4.90 Å². The number of aliphatic carboxylic acids is 1. The summed E-state index contributed by atoms with van der Waals surface area (Å²) in [5.41, 5.74) is 1.21. The van der Waals surface area contributed by atoms with Gasteiger partial charge in [-0.15, -0.1) is 0 Å². The van der Waals surface area contributed by atoms with Gasteiger partial charge in [0.2, 0.25) is 0 Å². The van der Waals surface area contributed by atoms with Crippen molar-refractivity contribution in [1.29, 1.82) is 5.26 Å². The van der Waals surface area contributed by atoms with Crippen molar-refractivity contribution in [3.8, 4) is 6.07 Å². The van der Waals surface area contributed by atoms with Gasteiger partial charge >= 0.3 is 5.97 Å². The van der Waals surface area contributed by atoms with Gasteiger partial charge in [0.15, 0.2) is 0 Å². The highest BCUT2D eigenvalue weighted by atomic mass is 16.4. The third-order valence-corrected chi connectivity index (χ3v) is 2.83. The molecule has 0 atom stereocenters. The van der Waals surface area contributed by atoms with Gasteiger partial charge in [-0.2, -0.15) is 10.4 Å². The first-order chi connectivity index (χ1) is 7.54. The number of carbonyl (C=O) groups is 1. The molecule has 1 fully saturated rings. The monoisotopic (exact) mass is 220 g/mol. The van der Waals surface area contributed by atoms with E-state index in [9.17, 15) is 4.79 Å². The summed E-state index contributed by atoms with van der Waals surface area (Å²) in [4.78, 5) is 12.6. The highest BCUT2D eigenvalue weighted by Gasteiger charge is 2.35. The quantitative estimate of drug-likeness (QED) is 0.765. The van der Waals surface area contributed by atoms with Gasteiger partial charge in [-0.1, -0.05) is 0 Å². The number of carboxylic acids is 1. The fourth-order valence-corrected chi connectivity index (χ4v) is 1.95. The fraction of sp³-hybridized carbons (Fsp3) is 0.500. The molecule has 6 nitrogen and oxygen atoms in total. The molecule has 0 bridgehead atoms. The van der Waals surface area contributed by atoms with Crippen molar-refractivity contribution in [2.75, 3.05) is 18.0 Å². The Kier molecular flexibility index (Phi) is 2.31. The first kappa shape index (κ1) is 10.5. The van der Waals surface area contributed by atoms with Crippen molar-refractivity contribution < 1.29 is 9.90 Å². The van der Waals surface area contributed by atoms with Gasteiger partial charge in [0.05, 0.1) is 11.6 Å². The minimum atomic E-state index is -0.784. The van der Waals surface area contributed by atoms with E-state index >= 15 is 0 Å². The molecule has 1 saturated heterocycles. The highest BCUT2D eigenvalue weighted by Crippen LogP contribution is 2.28. The van der Waals surface area contributed by atoms with Crippen molar-refractivity contribution >= 4 is 11.8 Å². The minimum absolute atomic E-state index is 0.332. The van der Waals surface area contributed by atoms with Crippen LogP contribution in [0.25, 0.3) is 0 Å². The molecule has 0 saturated carbocycles. The van der Waals surface area contributed by atoms with E-state index < -0.39 is 5.97 Å². The molecule has 6 heteroatoms. The lowest BCUT2D eigenvalue weighted by Crippen LogP contribution is -2.51. The Morgan fingerprint density at radius 1 is 1.62 bits per heavy atom. The van der Waals surface area contributed by atoms with Gasteiger partial charge in [0.25, 0.3) is 0 Å². The zero-order valence-electron chi connectivity index (χ0n) is 9.14. The van der Waals surface area contributed by atoms with E-state index in [0.717, 1.165) is 5.82 Å². The lowest BCUT2D eigenvalue weighted by molar-refractivity contribution is -0.142. The van der Waals surface area contributed by atoms with Crippen molar-refractivity contribution in [2.45, 2.75) is 6.92 Å². The third kappa shape index (κ3) is 1.41. The Hall–Kier alpha value is -2.03. The van der Waals surface area contributed by atoms with Crippen LogP contribution < -0.4 is 4.90 Å². The van der Waals surface area contributed by atoms with Crippen molar-refractivity contribution in [1.82, 2.24) is 9.78 Å². The maximum absolute atomic E-state index is 10.7. The maximum Gasteiger partial charge on any atom is 0.310 e. The molecule has 0 spiro atoms. The Balaban J connectivity index is 2.24. The summed E-state index contributed by atoms with van der Waals surface area (Å²) in [5, 5.41) is 22.0. The van der Waals surface area contributed by atoms with Crippen LogP contribution >= 0.6 is 0 Å². The fourth-order valence-electron chi connectivity index (χ4n) is 1.95. The molecule has 1 aromatic heterocycles. The first-order valence-corrected chi connectivity index (χ1v) is 4.96. The predicted octanol–water partition coefficient (Wildman–Crippen LogP) is 0.121. The molecule has 16 heavy (non-hydrogen) atoms. The first-order valence-electron chi connectivity index (χ1n) is 4.96. The summed E-state index contributed by atoms with van der Waals surface area (Å²) in [6, 6.07) is 2.11. The van der Waals surface area contributed by atoms with Crippen LogP contribution in [-0.4, -0.2) is 33.9 Å². The summed E-state index contributed by atoms with van der Waals surface area (Å²) in [5.74, 6) is -0.395. The number of aryl methyl sites for hydroxylation is 2. The van der Waals surface area contributed by atoms with Crippen LogP contribution in [0.5, 0.6) is 0 Å². The van der Waals surface area contributed by atoms with Crippen LogP contribution in [0, 0.1) is 24.2 Å². The Bertz CT molecular complexity index is 480. The van der Waals surface area contributed by atoms with Crippen molar-refractivity contribution in [3.05, 3.63) is 11.3 Å². The summed E-state index contributed by atoms with van der Waals surface area (Å²) in [6.07, 6.45) is 0. The van der Waals surface area contributed by atoms with Crippen LogP contribution in [0.1, 0.15) is 11.3 Å². The third-order valence-electron chi connectivity index (χ3n) is 2.83. The van der Waals surface area contributed by atoms with E-state index in [4.69, 9.17) is 10.4 Å². The summed E-state index contributed by atoms with van der Waals surface area (Å²) < 4.78 is 1.63. The second-order valence-electron chi connectivity index (χ2n) is 3.96. The van der Waals surface area contributed by atoms with Crippen LogP contribution in [0.15, 0.2) is 0 Å². The Morgan fingerprint density at radius 3 is 2.75 bits per heavy atom. The minimum Gasteiger partial charge on any atom is -0.481 e. The number of carboxylic acid groups (broad SMARTS) is 1. The normalized spacial score (nSPS) is 15.7. The van der Waals surface area contributed by atoms with E-state index in [1.165, 1.54) is 0 Å². The molecule has 0 aromatic carbocycles. The smallest absolute Gasteiger partial charge is 0.310 e. The number of rotatable bonds is 2. The molecule has 2 heterocycles. The lowest BCUT2D eigenvalue weighted by atomic mass is 10.00. The van der Waals surface area contributed by atoms with Gasteiger partial charge in [0.1, 0.15) is 17.5 Å². The number of hydrogen-bond acceptors (Lipinski definition) is 4. The van der Waals surface area contributed by atoms with E-state index in [2.05, 4.69) is 11.2 Å². The second kappa shape index (κ2) is 3.52. The Labute approximate surface area is 92.7 Å². The van der Waals surface area contributed by atoms with Crippen LogP contribution in [0.3, 0.4) is 0 Å². The maximum atomic E-state index is 10.7. The topological polar surface area (TPSA) is 82.2 Å². The van der Waals surface area contributed by atoms with E-state index in [1.54, 1.807) is 18.7 Å². The zero-order chi connectivity index (χ0) is 11.9. The van der Waals surface area contributed by atoms with E-state index in [-0.39, 0.29) is 5.92 Å². The van der Waals surface area contributed by atoms with Crippen molar-refractivity contribution in [2.24, 2.45) is 13.0 Å². The molecule has 0 amide bonds. The molecular weight excluding hydrogens is 208 g/mol. The lowest BCUT2D eigenvalue weighted by Gasteiger charge is -2.38. The standard InChI is InChI=1S/C10H12N4O2/c1-6-8(3-11)9(13(2)12-6)14-4-7(5-14)10(15)16/h7H,4-5H2,1-2H3,(H,15,16). The number of aromatic nitrogens is 2. The average Bonchev–Trinajstić information content (AvgIpc) is 2.38. The molecule has 0 aliphatic carbocycles. The number of hydrogen-bond donors (Lipinski definition) is 1. The molecule has 1 aliphatic rings. The van der Waals surface area contributed by atoms with Gasteiger partial charge in [-0.25, -0.2) is 0 Å². The number of nitrogens with zero attached hydrogens (tertiary/aromatic N) is 4. The highest BCUT2D eigenvalue weighted by molar-refractivity contribution is 5.75. The second-order valence-corrected chi connectivity index (χ2v) is 3.96. The SMILES string of the molecule is Cc1nn(C)c(N2CC(C(=O)O)C2)c1C#N. The summed E-state index contributed by atoms with van der Waals surface area (Å²) in [6.45, 7) is 2.67. The zero-order valence-corrected chi connectivity index (χ0v) is 9.14. The van der Waals surface area contributed by atoms with Gasteiger partial charge in [-0.05, 0) is 6.92 Å². The van der Waals surface area contributed by atoms with Crippen LogP contribution in [0.2, 0.25) is 0 Å². The summed E-state index contributed by atoms with van der Waals surface area (Å²) >= 11 is 0. The molecule has 1 aliphatic heterocycles. The van der Waals surface area contributed by atoms with E-state index in [0.29, 0.717) is 24.3 Å². The molecule has 1 aromatic rings. The summed E-state index contributed by atoms with van der Waals surface area (Å²) in [7, 11) is 1.76. The molecule has 2 rings (SSSR count). The Morgan fingerprint density at radius 2 is 2.25 bits per heavy atom. The molecule has 0 unspecified atom stereocenters.